The van der Waals surface area contributed by atoms with E-state index in [0.29, 0.717) is 63.6 Å². The van der Waals surface area contributed by atoms with Crippen LogP contribution in [0.3, 0.4) is 0 Å². The van der Waals surface area contributed by atoms with Crippen molar-refractivity contribution in [1.29, 1.82) is 0 Å². The van der Waals surface area contributed by atoms with Crippen molar-refractivity contribution in [1.82, 2.24) is 72.7 Å². The van der Waals surface area contributed by atoms with Crippen molar-refractivity contribution in [2.24, 2.45) is 22.4 Å². The molecule has 520 valence electrons. The molecule has 0 unspecified atom stereocenters. The van der Waals surface area contributed by atoms with Crippen LogP contribution in [0.25, 0.3) is 21.8 Å². The Hall–Kier alpha value is -10.9. The first kappa shape index (κ1) is 73.6. The summed E-state index contributed by atoms with van der Waals surface area (Å²) in [6, 6.07) is 8.42. The van der Waals surface area contributed by atoms with Crippen LogP contribution in [0.5, 0.6) is 5.75 Å². The molecule has 2 fully saturated rings. The number of likely N-dealkylation sites (N-methyl/N-ethyl adjacent to an activating group) is 1. The number of H-pyrrole nitrogens is 3. The number of aliphatic hydroxyl groups is 1. The fourth-order valence-corrected chi connectivity index (χ4v) is 11.5. The highest BCUT2D eigenvalue weighted by atomic mass is 16.4. The molecule has 0 bridgehead atoms. The van der Waals surface area contributed by atoms with Gasteiger partial charge < -0.3 is 94.5 Å². The Morgan fingerprint density at radius 3 is 1.69 bits per heavy atom. The van der Waals surface area contributed by atoms with Gasteiger partial charge in [0, 0.05) is 105 Å². The molecule has 9 atom stereocenters. The monoisotopic (exact) mass is 1340 g/mol. The molecule has 2 aliphatic heterocycles. The minimum absolute atomic E-state index is 0.0647. The number of aromatic nitrogens is 4. The topological polar surface area (TPSA) is 485 Å². The molecule has 31 heteroatoms. The third kappa shape index (κ3) is 21.6. The zero-order valence-corrected chi connectivity index (χ0v) is 54.4. The Bertz CT molecular complexity index is 3750. The molecule has 3 aromatic carbocycles. The van der Waals surface area contributed by atoms with Gasteiger partial charge in [0.15, 0.2) is 5.96 Å². The fourth-order valence-electron chi connectivity index (χ4n) is 11.5. The number of carbonyl (C=O) groups excluding carboxylic acids is 10. The van der Waals surface area contributed by atoms with E-state index in [1.807, 2.05) is 38.1 Å². The Morgan fingerprint density at radius 1 is 0.660 bits per heavy atom. The SMILES string of the molecule is CC(=O)O.CCNC(=O)[C@@H]1CCCN1C(=O)[C@H](CCCN=C(N)N)NC(=O)[C@H](CC(C)C)NC(=O)[C@@H](Cc1c[nH]c2ccccc12)NC(=O)[C@H](Cc1ccc(O)cc1)NC(=O)[C@H](CO)NC(=O)[C@H](Cc1c[nH]c2ccccc12)NC(=O)[C@H](Cc1cnc[nH]1)NC(=O)[C@@H]1CCC(=O)N1. The number of fused-ring (bicyclic) bond motifs is 2. The molecule has 5 heterocycles. The van der Waals surface area contributed by atoms with Crippen LogP contribution in [0.4, 0.5) is 0 Å². The molecule has 31 nitrogen and oxygen atoms in total. The molecule has 97 heavy (non-hydrogen) atoms. The van der Waals surface area contributed by atoms with Gasteiger partial charge in [-0.05, 0) is 92.3 Å². The summed E-state index contributed by atoms with van der Waals surface area (Å²) in [6.45, 7) is 6.23. The molecule has 6 aromatic rings. The van der Waals surface area contributed by atoms with Gasteiger partial charge in [0.2, 0.25) is 59.1 Å². The quantitative estimate of drug-likeness (QED) is 0.0141. The number of aromatic hydroxyl groups is 1. The molecular weight excluding hydrogens is 1250 g/mol. The molecule has 10 amide bonds. The summed E-state index contributed by atoms with van der Waals surface area (Å²) >= 11 is 0. The number of aliphatic imine (C=N–C) groups is 1. The number of imidazole rings is 1. The minimum Gasteiger partial charge on any atom is -0.508 e. The van der Waals surface area contributed by atoms with E-state index in [1.165, 1.54) is 41.7 Å². The van der Waals surface area contributed by atoms with Gasteiger partial charge in [-0.3, -0.25) is 57.7 Å². The number of aromatic amines is 3. The van der Waals surface area contributed by atoms with Crippen molar-refractivity contribution in [3.05, 3.63) is 120 Å². The number of hydrogen-bond donors (Lipinski definition) is 17. The largest absolute Gasteiger partial charge is 0.508 e. The number of rotatable bonds is 32. The molecular formula is C66H87N17O14. The van der Waals surface area contributed by atoms with Gasteiger partial charge in [0.25, 0.3) is 5.97 Å². The van der Waals surface area contributed by atoms with Crippen LogP contribution in [0.2, 0.25) is 0 Å². The summed E-state index contributed by atoms with van der Waals surface area (Å²) in [5, 5.41) is 54.4. The molecule has 0 aliphatic carbocycles. The van der Waals surface area contributed by atoms with Crippen LogP contribution in [0.1, 0.15) is 95.0 Å². The van der Waals surface area contributed by atoms with Crippen LogP contribution in [-0.4, -0.2) is 192 Å². The number of carbonyl (C=O) groups is 11. The number of carboxylic acids is 1. The van der Waals surface area contributed by atoms with Crippen LogP contribution in [0, 0.1) is 5.92 Å². The first-order valence-corrected chi connectivity index (χ1v) is 32.1. The highest BCUT2D eigenvalue weighted by molar-refractivity contribution is 6.00. The van der Waals surface area contributed by atoms with Gasteiger partial charge in [-0.15, -0.1) is 0 Å². The van der Waals surface area contributed by atoms with Gasteiger partial charge in [-0.2, -0.15) is 0 Å². The lowest BCUT2D eigenvalue weighted by molar-refractivity contribution is -0.142. The summed E-state index contributed by atoms with van der Waals surface area (Å²) in [4.78, 5) is 169. The second-order valence-corrected chi connectivity index (χ2v) is 24.2. The van der Waals surface area contributed by atoms with Crippen LogP contribution < -0.4 is 59.3 Å². The number of aliphatic hydroxyl groups excluding tert-OH is 1. The van der Waals surface area contributed by atoms with Gasteiger partial charge in [0.1, 0.15) is 60.1 Å². The predicted molar refractivity (Wildman–Crippen MR) is 356 cm³/mol. The van der Waals surface area contributed by atoms with E-state index >= 15 is 9.59 Å². The van der Waals surface area contributed by atoms with Crippen LogP contribution in [-0.2, 0) is 78.4 Å². The lowest BCUT2D eigenvalue weighted by Gasteiger charge is -2.30. The maximum absolute atomic E-state index is 15.1. The number of nitrogens with zero attached hydrogens (tertiary/aromatic N) is 3. The molecule has 0 spiro atoms. The highest BCUT2D eigenvalue weighted by Gasteiger charge is 2.40. The maximum atomic E-state index is 15.1. The number of phenols is 1. The standard InChI is InChI=1S/C64H83N17O12.C2H4O2/c1-4-68-62(92)53-16-10-24-81(53)63(93)46(15-9-23-69-64(65)66)74-56(86)47(25-35(2)3)75-58(88)49(27-37-30-70-43-13-7-5-11-41(37)43)77-57(87)48(26-36-17-19-40(83)20-18-36)76-61(91)52(33-82)80-59(89)50(28-38-31-71-44-14-8-6-12-42(38)44)78-60(90)51(29-39-32-67-34-72-39)79-55(85)45-21-22-54(84)73-45;1-2(3)4/h5-8,11-14,17-20,30-32,34-35,45-53,70-71,82-83H,4,9-10,15-16,21-29,33H2,1-3H3,(H,67,72)(H,68,92)(H,73,84)(H,74,86)(H,75,88)(H,76,91)(H,77,87)(H,78,90)(H,79,85)(H,80,89)(H4,65,66,69);1H3,(H,3,4)/t45-,46-,47-,48-,49+,50-,51-,52-,53-;/m0./s1. The number of likely N-dealkylation sites (tertiary alicyclic amines) is 1. The second kappa shape index (κ2) is 35.6. The highest BCUT2D eigenvalue weighted by Crippen LogP contribution is 2.24. The second-order valence-electron chi connectivity index (χ2n) is 24.2. The van der Waals surface area contributed by atoms with Crippen molar-refractivity contribution in [2.45, 2.75) is 153 Å². The van der Waals surface area contributed by atoms with E-state index in [1.54, 1.807) is 43.6 Å². The van der Waals surface area contributed by atoms with Gasteiger partial charge in [0.05, 0.1) is 12.9 Å². The third-order valence-corrected chi connectivity index (χ3v) is 16.3. The number of aliphatic carboxylic acids is 1. The lowest BCUT2D eigenvalue weighted by Crippen LogP contribution is -2.61. The van der Waals surface area contributed by atoms with Crippen LogP contribution in [0.15, 0.2) is 103 Å². The molecule has 0 saturated carbocycles. The number of nitrogens with two attached hydrogens (primary N) is 2. The average molecular weight is 1340 g/mol. The number of hydrogen-bond acceptors (Lipinski definition) is 15. The normalized spacial score (nSPS) is 16.4. The first-order valence-electron chi connectivity index (χ1n) is 32.1. The molecule has 0 radical (unpaired) electrons. The van der Waals surface area contributed by atoms with Gasteiger partial charge in [-0.1, -0.05) is 62.4 Å². The number of para-hydroxylation sites is 2. The smallest absolute Gasteiger partial charge is 0.300 e. The summed E-state index contributed by atoms with van der Waals surface area (Å²) in [7, 11) is 0. The summed E-state index contributed by atoms with van der Waals surface area (Å²) in [5.74, 6) is -8.42. The number of carboxylic acid groups (broad SMARTS) is 1. The number of amides is 10. The lowest BCUT2D eigenvalue weighted by atomic mass is 9.99. The number of phenolic OH excluding ortho intramolecular Hbond substituents is 1. The number of nitrogens with one attached hydrogen (secondary N) is 12. The molecule has 19 N–H and O–H groups in total. The Labute approximate surface area is 558 Å². The van der Waals surface area contributed by atoms with Crippen molar-refractivity contribution >= 4 is 92.8 Å². The van der Waals surface area contributed by atoms with E-state index in [9.17, 15) is 48.6 Å². The number of guanidine groups is 1. The zero-order chi connectivity index (χ0) is 70.3. The molecule has 3 aromatic heterocycles. The third-order valence-electron chi connectivity index (χ3n) is 16.3. The van der Waals surface area contributed by atoms with E-state index in [2.05, 4.69) is 72.8 Å². The summed E-state index contributed by atoms with van der Waals surface area (Å²) < 4.78 is 0. The maximum Gasteiger partial charge on any atom is 0.300 e. The Balaban J connectivity index is 0.00000322. The summed E-state index contributed by atoms with van der Waals surface area (Å²) in [5.41, 5.74) is 14.6. The van der Waals surface area contributed by atoms with Gasteiger partial charge >= 0.3 is 0 Å². The van der Waals surface area contributed by atoms with Crippen LogP contribution >= 0.6 is 0 Å². The van der Waals surface area contributed by atoms with Crippen molar-refractivity contribution < 1.29 is 68.1 Å². The van der Waals surface area contributed by atoms with Crippen molar-refractivity contribution in [2.75, 3.05) is 26.2 Å². The fraction of sp³-hybridized carbons (Fsp3) is 0.439. The first-order chi connectivity index (χ1) is 46.4. The Morgan fingerprint density at radius 2 is 1.18 bits per heavy atom. The van der Waals surface area contributed by atoms with E-state index < -0.39 is 114 Å². The van der Waals surface area contributed by atoms with E-state index in [4.69, 9.17) is 21.4 Å². The summed E-state index contributed by atoms with van der Waals surface area (Å²) in [6.07, 6.45) is 7.10. The van der Waals surface area contributed by atoms with E-state index in [0.717, 1.165) is 6.92 Å². The minimum atomic E-state index is -1.78. The van der Waals surface area contributed by atoms with Crippen molar-refractivity contribution in [3.8, 4) is 5.75 Å². The molecule has 2 saturated heterocycles. The average Bonchev–Trinajstić information content (AvgIpc) is 1.67. The van der Waals surface area contributed by atoms with Gasteiger partial charge in [-0.25, -0.2) is 4.98 Å². The zero-order valence-electron chi connectivity index (χ0n) is 54.4. The van der Waals surface area contributed by atoms with E-state index in [-0.39, 0.29) is 100 Å². The Kier molecular flexibility index (Phi) is 27.0. The molecule has 8 rings (SSSR count). The predicted octanol–water partition coefficient (Wildman–Crippen LogP) is -0.669. The molecule has 2 aliphatic rings. The van der Waals surface area contributed by atoms with Crippen molar-refractivity contribution in [3.63, 3.8) is 0 Å². The number of benzene rings is 3.